The van der Waals surface area contributed by atoms with Crippen LogP contribution in [0, 0.1) is 7.05 Å². The standard InChI is InChI=1S/C13H14N3/c1-16(10-12-6-2-4-8-14-12)11-13-7-3-5-9-15-13/h2-9H,1,10-11H2. The molecule has 2 aromatic rings. The third kappa shape index (κ3) is 3.14. The van der Waals surface area contributed by atoms with Crippen LogP contribution < -0.4 is 0 Å². The highest BCUT2D eigenvalue weighted by atomic mass is 15.1. The van der Waals surface area contributed by atoms with Crippen molar-refractivity contribution in [2.45, 2.75) is 13.1 Å². The van der Waals surface area contributed by atoms with E-state index in [9.17, 15) is 0 Å². The van der Waals surface area contributed by atoms with Crippen molar-refractivity contribution < 1.29 is 0 Å². The zero-order chi connectivity index (χ0) is 11.2. The first-order valence-electron chi connectivity index (χ1n) is 5.20. The molecule has 0 atom stereocenters. The lowest BCUT2D eigenvalue weighted by Gasteiger charge is -2.14. The van der Waals surface area contributed by atoms with Crippen molar-refractivity contribution in [2.24, 2.45) is 0 Å². The fourth-order valence-electron chi connectivity index (χ4n) is 1.50. The molecule has 0 saturated carbocycles. The third-order valence-corrected chi connectivity index (χ3v) is 2.22. The summed E-state index contributed by atoms with van der Waals surface area (Å²) in [6.07, 6.45) is 3.59. The third-order valence-electron chi connectivity index (χ3n) is 2.22. The lowest BCUT2D eigenvalue weighted by atomic mass is 10.3. The Bertz CT molecular complexity index is 372. The monoisotopic (exact) mass is 212 g/mol. The largest absolute Gasteiger partial charge is 0.290 e. The molecule has 0 N–H and O–H groups in total. The second-order valence-electron chi connectivity index (χ2n) is 3.63. The van der Waals surface area contributed by atoms with Crippen molar-refractivity contribution in [3.63, 3.8) is 0 Å². The molecule has 3 heteroatoms. The van der Waals surface area contributed by atoms with Crippen LogP contribution >= 0.6 is 0 Å². The maximum Gasteiger partial charge on any atom is 0.0544 e. The molecule has 0 aliphatic carbocycles. The predicted molar refractivity (Wildman–Crippen MR) is 63.1 cm³/mol. The van der Waals surface area contributed by atoms with Crippen LogP contribution in [-0.2, 0) is 13.1 Å². The summed E-state index contributed by atoms with van der Waals surface area (Å²) < 4.78 is 0. The van der Waals surface area contributed by atoms with Crippen LogP contribution in [-0.4, -0.2) is 14.9 Å². The summed E-state index contributed by atoms with van der Waals surface area (Å²) in [7, 11) is 3.98. The fourth-order valence-corrected chi connectivity index (χ4v) is 1.50. The van der Waals surface area contributed by atoms with E-state index < -0.39 is 0 Å². The summed E-state index contributed by atoms with van der Waals surface area (Å²) in [5.74, 6) is 0. The zero-order valence-corrected chi connectivity index (χ0v) is 9.08. The molecule has 3 nitrogen and oxygen atoms in total. The Morgan fingerprint density at radius 1 is 0.875 bits per heavy atom. The minimum absolute atomic E-state index is 0.734. The molecule has 2 rings (SSSR count). The molecule has 0 bridgehead atoms. The Balaban J connectivity index is 1.92. The van der Waals surface area contributed by atoms with E-state index in [1.807, 2.05) is 41.3 Å². The molecular weight excluding hydrogens is 198 g/mol. The highest BCUT2D eigenvalue weighted by Gasteiger charge is 2.02. The van der Waals surface area contributed by atoms with Gasteiger partial charge in [-0.05, 0) is 24.3 Å². The second kappa shape index (κ2) is 5.37. The Kier molecular flexibility index (Phi) is 3.62. The molecular formula is C13H14N3. The molecule has 16 heavy (non-hydrogen) atoms. The van der Waals surface area contributed by atoms with Gasteiger partial charge in [0.25, 0.3) is 0 Å². The molecule has 2 heterocycles. The first-order chi connectivity index (χ1) is 7.84. The summed E-state index contributed by atoms with van der Waals surface area (Å²) in [4.78, 5) is 10.5. The van der Waals surface area contributed by atoms with Gasteiger partial charge in [-0.3, -0.25) is 14.9 Å². The van der Waals surface area contributed by atoms with Gasteiger partial charge in [-0.25, -0.2) is 0 Å². The summed E-state index contributed by atoms with van der Waals surface area (Å²) in [5, 5.41) is 0. The van der Waals surface area contributed by atoms with Gasteiger partial charge in [0.15, 0.2) is 0 Å². The molecule has 0 amide bonds. The average Bonchev–Trinajstić information content (AvgIpc) is 2.31. The van der Waals surface area contributed by atoms with Crippen LogP contribution in [0.25, 0.3) is 0 Å². The molecule has 0 saturated heterocycles. The van der Waals surface area contributed by atoms with Crippen LogP contribution in [0.4, 0.5) is 0 Å². The average molecular weight is 212 g/mol. The Morgan fingerprint density at radius 2 is 1.38 bits per heavy atom. The van der Waals surface area contributed by atoms with Gasteiger partial charge in [0.2, 0.25) is 0 Å². The van der Waals surface area contributed by atoms with E-state index in [4.69, 9.17) is 0 Å². The minimum atomic E-state index is 0.734. The summed E-state index contributed by atoms with van der Waals surface area (Å²) in [6, 6.07) is 11.8. The Morgan fingerprint density at radius 3 is 1.75 bits per heavy atom. The number of nitrogens with zero attached hydrogens (tertiary/aromatic N) is 3. The van der Waals surface area contributed by atoms with E-state index >= 15 is 0 Å². The first kappa shape index (κ1) is 10.8. The summed E-state index contributed by atoms with van der Waals surface area (Å²) in [5.41, 5.74) is 2.04. The van der Waals surface area contributed by atoms with Gasteiger partial charge >= 0.3 is 0 Å². The van der Waals surface area contributed by atoms with Crippen LogP contribution in [0.5, 0.6) is 0 Å². The van der Waals surface area contributed by atoms with E-state index in [-0.39, 0.29) is 0 Å². The SMILES string of the molecule is [CH2]N(Cc1ccccn1)Cc1ccccn1. The molecule has 0 aromatic carbocycles. The summed E-state index contributed by atoms with van der Waals surface area (Å²) in [6.45, 7) is 1.47. The van der Waals surface area contributed by atoms with Crippen molar-refractivity contribution in [1.29, 1.82) is 0 Å². The maximum absolute atomic E-state index is 4.26. The molecule has 0 fully saturated rings. The fraction of sp³-hybridized carbons (Fsp3) is 0.154. The maximum atomic E-state index is 4.26. The normalized spacial score (nSPS) is 10.6. The Hall–Kier alpha value is -1.74. The smallest absolute Gasteiger partial charge is 0.0544 e. The van der Waals surface area contributed by atoms with Crippen molar-refractivity contribution in [3.8, 4) is 0 Å². The van der Waals surface area contributed by atoms with Gasteiger partial charge in [-0.15, -0.1) is 0 Å². The predicted octanol–water partition coefficient (Wildman–Crippen LogP) is 2.27. The molecule has 2 aromatic heterocycles. The van der Waals surface area contributed by atoms with Crippen LogP contribution in [0.3, 0.4) is 0 Å². The lowest BCUT2D eigenvalue weighted by Crippen LogP contribution is -2.16. The lowest BCUT2D eigenvalue weighted by molar-refractivity contribution is 0.347. The van der Waals surface area contributed by atoms with Crippen LogP contribution in [0.1, 0.15) is 11.4 Å². The highest BCUT2D eigenvalue weighted by molar-refractivity contribution is 5.06. The van der Waals surface area contributed by atoms with Gasteiger partial charge in [-0.2, -0.15) is 0 Å². The topological polar surface area (TPSA) is 29.0 Å². The number of hydrogen-bond acceptors (Lipinski definition) is 3. The quantitative estimate of drug-likeness (QED) is 0.778. The van der Waals surface area contributed by atoms with Crippen molar-refractivity contribution >= 4 is 0 Å². The van der Waals surface area contributed by atoms with Crippen LogP contribution in [0.15, 0.2) is 48.8 Å². The van der Waals surface area contributed by atoms with Crippen molar-refractivity contribution in [2.75, 3.05) is 0 Å². The zero-order valence-electron chi connectivity index (χ0n) is 9.08. The second-order valence-corrected chi connectivity index (χ2v) is 3.63. The van der Waals surface area contributed by atoms with E-state index in [0.717, 1.165) is 24.5 Å². The summed E-state index contributed by atoms with van der Waals surface area (Å²) >= 11 is 0. The van der Waals surface area contributed by atoms with Gasteiger partial charge < -0.3 is 0 Å². The minimum Gasteiger partial charge on any atom is -0.290 e. The number of rotatable bonds is 4. The van der Waals surface area contributed by atoms with E-state index in [0.29, 0.717) is 0 Å². The molecule has 0 aliphatic rings. The number of pyridine rings is 2. The van der Waals surface area contributed by atoms with Gasteiger partial charge in [0.05, 0.1) is 11.4 Å². The molecule has 0 aliphatic heterocycles. The van der Waals surface area contributed by atoms with Crippen molar-refractivity contribution in [1.82, 2.24) is 14.9 Å². The molecule has 81 valence electrons. The Labute approximate surface area is 95.8 Å². The van der Waals surface area contributed by atoms with Gasteiger partial charge in [0.1, 0.15) is 0 Å². The molecule has 0 spiro atoms. The van der Waals surface area contributed by atoms with E-state index in [1.165, 1.54) is 0 Å². The van der Waals surface area contributed by atoms with Crippen molar-refractivity contribution in [3.05, 3.63) is 67.2 Å². The van der Waals surface area contributed by atoms with Crippen LogP contribution in [0.2, 0.25) is 0 Å². The van der Waals surface area contributed by atoms with Gasteiger partial charge in [-0.1, -0.05) is 12.1 Å². The number of hydrogen-bond donors (Lipinski definition) is 0. The first-order valence-corrected chi connectivity index (χ1v) is 5.20. The van der Waals surface area contributed by atoms with E-state index in [1.54, 1.807) is 12.4 Å². The highest BCUT2D eigenvalue weighted by Crippen LogP contribution is 2.04. The molecule has 0 unspecified atom stereocenters. The number of aromatic nitrogens is 2. The van der Waals surface area contributed by atoms with Gasteiger partial charge in [0, 0.05) is 32.5 Å². The molecule has 1 radical (unpaired) electrons. The van der Waals surface area contributed by atoms with E-state index in [2.05, 4.69) is 17.0 Å².